The fourth-order valence-corrected chi connectivity index (χ4v) is 2.75. The van der Waals surface area contributed by atoms with Gasteiger partial charge in [-0.3, -0.25) is 0 Å². The Labute approximate surface area is 129 Å². The normalized spacial score (nSPS) is 21.6. The van der Waals surface area contributed by atoms with Gasteiger partial charge in [0, 0.05) is 13.5 Å². The third kappa shape index (κ3) is 4.71. The number of benzene rings is 1. The third-order valence-electron chi connectivity index (χ3n) is 4.07. The molecule has 1 nitrogen and oxygen atoms in total. The van der Waals surface area contributed by atoms with E-state index in [-0.39, 0.29) is 5.60 Å². The molecule has 1 aromatic rings. The van der Waals surface area contributed by atoms with E-state index in [1.54, 1.807) is 0 Å². The Morgan fingerprint density at radius 2 is 2.00 bits per heavy atom. The summed E-state index contributed by atoms with van der Waals surface area (Å²) in [5.41, 5.74) is 4.01. The smallest absolute Gasteiger partial charge is 0.0933 e. The zero-order valence-corrected chi connectivity index (χ0v) is 13.4. The molecule has 1 unspecified atom stereocenters. The van der Waals surface area contributed by atoms with Gasteiger partial charge in [0.1, 0.15) is 0 Å². The van der Waals surface area contributed by atoms with Crippen LogP contribution >= 0.6 is 0 Å². The van der Waals surface area contributed by atoms with Crippen molar-refractivity contribution in [3.05, 3.63) is 65.3 Å². The quantitative estimate of drug-likeness (QED) is 0.621. The minimum atomic E-state index is -0.143. The van der Waals surface area contributed by atoms with Crippen LogP contribution in [-0.2, 0) is 4.74 Å². The number of ether oxygens (including phenoxy) is 1. The highest BCUT2D eigenvalue weighted by molar-refractivity contribution is 5.51. The van der Waals surface area contributed by atoms with E-state index in [0.29, 0.717) is 0 Å². The summed E-state index contributed by atoms with van der Waals surface area (Å²) in [6, 6.07) is 10.4. The second-order valence-corrected chi connectivity index (χ2v) is 6.08. The van der Waals surface area contributed by atoms with Gasteiger partial charge in [-0.25, -0.2) is 0 Å². The van der Waals surface area contributed by atoms with Crippen molar-refractivity contribution in [3.63, 3.8) is 0 Å². The molecule has 0 radical (unpaired) electrons. The van der Waals surface area contributed by atoms with Crippen molar-refractivity contribution in [1.29, 1.82) is 0 Å². The van der Waals surface area contributed by atoms with Crippen molar-refractivity contribution < 1.29 is 4.74 Å². The molecular weight excluding hydrogens is 256 g/mol. The SMILES string of the molecule is COC1(/C=C/c2ccccc2)CC=C(CCC=C(C)C)C1. The van der Waals surface area contributed by atoms with Crippen LogP contribution in [0.1, 0.15) is 45.1 Å². The molecule has 0 fully saturated rings. The van der Waals surface area contributed by atoms with Gasteiger partial charge >= 0.3 is 0 Å². The second kappa shape index (κ2) is 7.42. The van der Waals surface area contributed by atoms with Gasteiger partial charge in [0.2, 0.25) is 0 Å². The molecular formula is C20H26O. The van der Waals surface area contributed by atoms with Gasteiger partial charge in [-0.2, -0.15) is 0 Å². The number of methoxy groups -OCH3 is 1. The molecule has 1 aliphatic carbocycles. The van der Waals surface area contributed by atoms with Crippen molar-refractivity contribution in [2.45, 2.75) is 45.1 Å². The fourth-order valence-electron chi connectivity index (χ4n) is 2.75. The predicted octanol–water partition coefficient (Wildman–Crippen LogP) is 5.55. The molecule has 21 heavy (non-hydrogen) atoms. The summed E-state index contributed by atoms with van der Waals surface area (Å²) >= 11 is 0. The zero-order valence-electron chi connectivity index (χ0n) is 13.4. The lowest BCUT2D eigenvalue weighted by Gasteiger charge is -2.24. The molecule has 0 saturated carbocycles. The van der Waals surface area contributed by atoms with Crippen LogP contribution < -0.4 is 0 Å². The Kier molecular flexibility index (Phi) is 5.58. The fraction of sp³-hybridized carbons (Fsp3) is 0.400. The maximum Gasteiger partial charge on any atom is 0.0933 e. The van der Waals surface area contributed by atoms with Gasteiger partial charge < -0.3 is 4.74 Å². The minimum Gasteiger partial charge on any atom is -0.373 e. The first-order chi connectivity index (χ1) is 10.1. The van der Waals surface area contributed by atoms with Crippen molar-refractivity contribution in [3.8, 4) is 0 Å². The highest BCUT2D eigenvalue weighted by Gasteiger charge is 2.31. The molecule has 112 valence electrons. The van der Waals surface area contributed by atoms with E-state index >= 15 is 0 Å². The lowest BCUT2D eigenvalue weighted by molar-refractivity contribution is 0.0428. The van der Waals surface area contributed by atoms with E-state index in [9.17, 15) is 0 Å². The lowest BCUT2D eigenvalue weighted by atomic mass is 9.96. The van der Waals surface area contributed by atoms with Gasteiger partial charge in [0.05, 0.1) is 5.60 Å². The summed E-state index contributed by atoms with van der Waals surface area (Å²) in [5, 5.41) is 0. The summed E-state index contributed by atoms with van der Waals surface area (Å²) in [4.78, 5) is 0. The van der Waals surface area contributed by atoms with Crippen molar-refractivity contribution in [2.24, 2.45) is 0 Å². The van der Waals surface area contributed by atoms with Crippen LogP contribution in [-0.4, -0.2) is 12.7 Å². The second-order valence-electron chi connectivity index (χ2n) is 6.08. The van der Waals surface area contributed by atoms with Gasteiger partial charge in [-0.15, -0.1) is 0 Å². The molecule has 0 amide bonds. The van der Waals surface area contributed by atoms with Gasteiger partial charge in [-0.1, -0.05) is 65.8 Å². The average Bonchev–Trinajstić information content (AvgIpc) is 2.90. The Morgan fingerprint density at radius 1 is 1.24 bits per heavy atom. The summed E-state index contributed by atoms with van der Waals surface area (Å²) in [6.07, 6.45) is 13.4. The average molecular weight is 282 g/mol. The van der Waals surface area contributed by atoms with Crippen LogP contribution in [0.25, 0.3) is 6.08 Å². The molecule has 1 aliphatic rings. The van der Waals surface area contributed by atoms with Crippen molar-refractivity contribution >= 4 is 6.08 Å². The summed E-state index contributed by atoms with van der Waals surface area (Å²) in [5.74, 6) is 0. The van der Waals surface area contributed by atoms with E-state index in [4.69, 9.17) is 4.74 Å². The number of hydrogen-bond acceptors (Lipinski definition) is 1. The molecule has 0 heterocycles. The minimum absolute atomic E-state index is 0.143. The Balaban J connectivity index is 1.95. The molecule has 2 rings (SSSR count). The van der Waals surface area contributed by atoms with E-state index in [1.165, 1.54) is 16.7 Å². The largest absolute Gasteiger partial charge is 0.373 e. The first kappa shape index (κ1) is 15.8. The maximum absolute atomic E-state index is 5.82. The van der Waals surface area contributed by atoms with Crippen molar-refractivity contribution in [2.75, 3.05) is 7.11 Å². The third-order valence-corrected chi connectivity index (χ3v) is 4.07. The van der Waals surface area contributed by atoms with Gasteiger partial charge in [-0.05, 0) is 38.7 Å². The monoisotopic (exact) mass is 282 g/mol. The first-order valence-electron chi connectivity index (χ1n) is 7.74. The summed E-state index contributed by atoms with van der Waals surface area (Å²) in [7, 11) is 1.82. The van der Waals surface area contributed by atoms with E-state index in [2.05, 4.69) is 62.4 Å². The van der Waals surface area contributed by atoms with Crippen molar-refractivity contribution in [1.82, 2.24) is 0 Å². The van der Waals surface area contributed by atoms with E-state index in [1.807, 2.05) is 13.2 Å². The Bertz CT molecular complexity index is 532. The molecule has 0 N–H and O–H groups in total. The van der Waals surface area contributed by atoms with Crippen LogP contribution in [0.4, 0.5) is 0 Å². The molecule has 0 aliphatic heterocycles. The molecule has 0 aromatic heterocycles. The molecule has 0 saturated heterocycles. The highest BCUT2D eigenvalue weighted by atomic mass is 16.5. The zero-order chi connectivity index (χ0) is 15.1. The number of hydrogen-bond donors (Lipinski definition) is 0. The maximum atomic E-state index is 5.82. The molecule has 1 aromatic carbocycles. The van der Waals surface area contributed by atoms with E-state index in [0.717, 1.165) is 25.7 Å². The highest BCUT2D eigenvalue weighted by Crippen LogP contribution is 2.36. The summed E-state index contributed by atoms with van der Waals surface area (Å²) < 4.78 is 5.82. The van der Waals surface area contributed by atoms with Crippen LogP contribution in [0.5, 0.6) is 0 Å². The molecule has 0 bridgehead atoms. The van der Waals surface area contributed by atoms with Gasteiger partial charge in [0.25, 0.3) is 0 Å². The van der Waals surface area contributed by atoms with Crippen LogP contribution in [0, 0.1) is 0 Å². The van der Waals surface area contributed by atoms with Gasteiger partial charge in [0.15, 0.2) is 0 Å². The Morgan fingerprint density at radius 3 is 2.67 bits per heavy atom. The Hall–Kier alpha value is -1.60. The number of allylic oxidation sites excluding steroid dienone is 2. The topological polar surface area (TPSA) is 9.23 Å². The molecule has 1 atom stereocenters. The number of rotatable bonds is 6. The molecule has 1 heteroatoms. The van der Waals surface area contributed by atoms with Crippen LogP contribution in [0.3, 0.4) is 0 Å². The standard InChI is InChI=1S/C20H26O/c1-17(2)8-7-11-19-13-15-20(16-19,21-3)14-12-18-9-5-4-6-10-18/h4-6,8-10,12-14H,7,11,15-16H2,1-3H3/b14-12+. The predicted molar refractivity (Wildman–Crippen MR) is 91.2 cm³/mol. The van der Waals surface area contributed by atoms with E-state index < -0.39 is 0 Å². The summed E-state index contributed by atoms with van der Waals surface area (Å²) in [6.45, 7) is 4.32. The first-order valence-corrected chi connectivity index (χ1v) is 7.74. The van der Waals surface area contributed by atoms with Crippen LogP contribution in [0.2, 0.25) is 0 Å². The lowest BCUT2D eigenvalue weighted by Crippen LogP contribution is -2.25. The van der Waals surface area contributed by atoms with Crippen LogP contribution in [0.15, 0.2) is 59.7 Å². The molecule has 0 spiro atoms.